The molecule has 0 bridgehead atoms. The monoisotopic (exact) mass is 235 g/mol. The molecule has 0 aromatic heterocycles. The Morgan fingerprint density at radius 3 is 2.53 bits per heavy atom. The zero-order chi connectivity index (χ0) is 12.8. The Hall–Kier alpha value is -1.97. The van der Waals surface area contributed by atoms with Gasteiger partial charge < -0.3 is 14.8 Å². The van der Waals surface area contributed by atoms with E-state index in [2.05, 4.69) is 11.9 Å². The standard InChI is InChI=1S/C13H17NO3/c1-5-13(15)14-9(2)10-6-7-11(16-3)12(8-10)17-4/h5-9H,1H2,2-4H3,(H,14,15)/t9-/m0/s1. The van der Waals surface area contributed by atoms with Gasteiger partial charge in [0.2, 0.25) is 5.91 Å². The third-order valence-electron chi connectivity index (χ3n) is 2.45. The Balaban J connectivity index is 2.91. The fraction of sp³-hybridized carbons (Fsp3) is 0.308. The summed E-state index contributed by atoms with van der Waals surface area (Å²) in [7, 11) is 3.16. The van der Waals surface area contributed by atoms with Gasteiger partial charge in [0, 0.05) is 0 Å². The number of carbonyl (C=O) groups excluding carboxylic acids is 1. The molecule has 1 rings (SSSR count). The van der Waals surface area contributed by atoms with Crippen molar-refractivity contribution in [3.05, 3.63) is 36.4 Å². The second-order valence-corrected chi connectivity index (χ2v) is 3.55. The summed E-state index contributed by atoms with van der Waals surface area (Å²) in [4.78, 5) is 11.2. The lowest BCUT2D eigenvalue weighted by atomic mass is 10.1. The van der Waals surface area contributed by atoms with Crippen LogP contribution >= 0.6 is 0 Å². The van der Waals surface area contributed by atoms with E-state index in [-0.39, 0.29) is 11.9 Å². The van der Waals surface area contributed by atoms with E-state index < -0.39 is 0 Å². The van der Waals surface area contributed by atoms with Crippen molar-refractivity contribution in [2.24, 2.45) is 0 Å². The summed E-state index contributed by atoms with van der Waals surface area (Å²) in [5, 5.41) is 2.78. The molecule has 1 aromatic carbocycles. The predicted molar refractivity (Wildman–Crippen MR) is 66.3 cm³/mol. The highest BCUT2D eigenvalue weighted by Gasteiger charge is 2.11. The molecule has 0 radical (unpaired) electrons. The van der Waals surface area contributed by atoms with Crippen LogP contribution in [0.1, 0.15) is 18.5 Å². The van der Waals surface area contributed by atoms with Gasteiger partial charge in [0.1, 0.15) is 0 Å². The van der Waals surface area contributed by atoms with Crippen LogP contribution in [0.4, 0.5) is 0 Å². The second kappa shape index (κ2) is 5.94. The Kier molecular flexibility index (Phi) is 4.57. The summed E-state index contributed by atoms with van der Waals surface area (Å²) < 4.78 is 10.3. The normalized spacial score (nSPS) is 11.5. The van der Waals surface area contributed by atoms with E-state index in [0.717, 1.165) is 5.56 Å². The molecule has 0 spiro atoms. The third-order valence-corrected chi connectivity index (χ3v) is 2.45. The van der Waals surface area contributed by atoms with Crippen LogP contribution in [0.25, 0.3) is 0 Å². The summed E-state index contributed by atoms with van der Waals surface area (Å²) in [5.41, 5.74) is 0.942. The highest BCUT2D eigenvalue weighted by Crippen LogP contribution is 2.29. The molecule has 0 aliphatic rings. The van der Waals surface area contributed by atoms with Crippen LogP contribution in [0.5, 0.6) is 11.5 Å². The maximum absolute atomic E-state index is 11.2. The first-order valence-electron chi connectivity index (χ1n) is 5.27. The van der Waals surface area contributed by atoms with Crippen LogP contribution < -0.4 is 14.8 Å². The molecule has 0 aliphatic carbocycles. The molecular weight excluding hydrogens is 218 g/mol. The molecule has 0 saturated heterocycles. The maximum atomic E-state index is 11.2. The Labute approximate surface area is 101 Å². The molecule has 1 N–H and O–H groups in total. The average Bonchev–Trinajstić information content (AvgIpc) is 2.37. The highest BCUT2D eigenvalue weighted by atomic mass is 16.5. The summed E-state index contributed by atoms with van der Waals surface area (Å²) in [5.74, 6) is 1.11. The van der Waals surface area contributed by atoms with E-state index in [1.807, 2.05) is 25.1 Å². The Morgan fingerprint density at radius 2 is 2.00 bits per heavy atom. The number of carbonyl (C=O) groups is 1. The van der Waals surface area contributed by atoms with Gasteiger partial charge in [-0.2, -0.15) is 0 Å². The van der Waals surface area contributed by atoms with Crippen LogP contribution in [0, 0.1) is 0 Å². The van der Waals surface area contributed by atoms with Gasteiger partial charge in [-0.25, -0.2) is 0 Å². The number of methoxy groups -OCH3 is 2. The smallest absolute Gasteiger partial charge is 0.243 e. The number of benzene rings is 1. The Bertz CT molecular complexity index is 415. The molecular formula is C13H17NO3. The molecule has 0 saturated carbocycles. The number of hydrogen-bond donors (Lipinski definition) is 1. The van der Waals surface area contributed by atoms with E-state index >= 15 is 0 Å². The van der Waals surface area contributed by atoms with Gasteiger partial charge in [-0.1, -0.05) is 12.6 Å². The van der Waals surface area contributed by atoms with E-state index in [9.17, 15) is 4.79 Å². The Morgan fingerprint density at radius 1 is 1.35 bits per heavy atom. The summed E-state index contributed by atoms with van der Waals surface area (Å²) in [6, 6.07) is 5.42. The largest absolute Gasteiger partial charge is 0.493 e. The van der Waals surface area contributed by atoms with Crippen molar-refractivity contribution in [2.45, 2.75) is 13.0 Å². The van der Waals surface area contributed by atoms with Crippen molar-refractivity contribution in [3.8, 4) is 11.5 Å². The quantitative estimate of drug-likeness (QED) is 0.795. The second-order valence-electron chi connectivity index (χ2n) is 3.55. The molecule has 0 unspecified atom stereocenters. The van der Waals surface area contributed by atoms with Crippen molar-refractivity contribution in [1.29, 1.82) is 0 Å². The lowest BCUT2D eigenvalue weighted by Gasteiger charge is -2.15. The molecule has 4 nitrogen and oxygen atoms in total. The number of ether oxygens (including phenoxy) is 2. The topological polar surface area (TPSA) is 47.6 Å². The minimum Gasteiger partial charge on any atom is -0.493 e. The summed E-state index contributed by atoms with van der Waals surface area (Å²) in [6.07, 6.45) is 1.25. The van der Waals surface area contributed by atoms with Gasteiger partial charge >= 0.3 is 0 Å². The summed E-state index contributed by atoms with van der Waals surface area (Å²) in [6.45, 7) is 5.30. The van der Waals surface area contributed by atoms with Crippen LogP contribution in [-0.2, 0) is 4.79 Å². The summed E-state index contributed by atoms with van der Waals surface area (Å²) >= 11 is 0. The van der Waals surface area contributed by atoms with E-state index in [0.29, 0.717) is 11.5 Å². The first-order valence-corrected chi connectivity index (χ1v) is 5.27. The molecule has 0 aliphatic heterocycles. The molecule has 0 fully saturated rings. The zero-order valence-electron chi connectivity index (χ0n) is 10.3. The fourth-order valence-electron chi connectivity index (χ4n) is 1.48. The van der Waals surface area contributed by atoms with E-state index in [1.54, 1.807) is 14.2 Å². The average molecular weight is 235 g/mol. The fourth-order valence-corrected chi connectivity index (χ4v) is 1.48. The number of nitrogens with one attached hydrogen (secondary N) is 1. The molecule has 1 atom stereocenters. The third kappa shape index (κ3) is 3.24. The maximum Gasteiger partial charge on any atom is 0.243 e. The van der Waals surface area contributed by atoms with Crippen molar-refractivity contribution in [3.63, 3.8) is 0 Å². The van der Waals surface area contributed by atoms with Gasteiger partial charge in [-0.05, 0) is 30.7 Å². The first kappa shape index (κ1) is 13.1. The SMILES string of the molecule is C=CC(=O)N[C@@H](C)c1ccc(OC)c(OC)c1. The molecule has 1 amide bonds. The van der Waals surface area contributed by atoms with Gasteiger partial charge in [0.15, 0.2) is 11.5 Å². The number of rotatable bonds is 5. The first-order chi connectivity index (χ1) is 8.12. The lowest BCUT2D eigenvalue weighted by Crippen LogP contribution is -2.24. The van der Waals surface area contributed by atoms with Crippen molar-refractivity contribution >= 4 is 5.91 Å². The molecule has 1 aromatic rings. The van der Waals surface area contributed by atoms with Gasteiger partial charge in [-0.15, -0.1) is 0 Å². The van der Waals surface area contributed by atoms with Crippen molar-refractivity contribution in [1.82, 2.24) is 5.32 Å². The van der Waals surface area contributed by atoms with E-state index in [1.165, 1.54) is 6.08 Å². The van der Waals surface area contributed by atoms with Crippen molar-refractivity contribution < 1.29 is 14.3 Å². The van der Waals surface area contributed by atoms with Crippen LogP contribution in [-0.4, -0.2) is 20.1 Å². The molecule has 17 heavy (non-hydrogen) atoms. The number of hydrogen-bond acceptors (Lipinski definition) is 3. The lowest BCUT2D eigenvalue weighted by molar-refractivity contribution is -0.117. The predicted octanol–water partition coefficient (Wildman–Crippen LogP) is 2.07. The molecule has 4 heteroatoms. The minimum absolute atomic E-state index is 0.111. The van der Waals surface area contributed by atoms with Gasteiger partial charge in [-0.3, -0.25) is 4.79 Å². The van der Waals surface area contributed by atoms with Gasteiger partial charge in [0.05, 0.1) is 20.3 Å². The minimum atomic E-state index is -0.202. The molecule has 0 heterocycles. The van der Waals surface area contributed by atoms with Crippen LogP contribution in [0.3, 0.4) is 0 Å². The van der Waals surface area contributed by atoms with Crippen molar-refractivity contribution in [2.75, 3.05) is 14.2 Å². The number of amides is 1. The van der Waals surface area contributed by atoms with Crippen LogP contribution in [0.2, 0.25) is 0 Å². The highest BCUT2D eigenvalue weighted by molar-refractivity contribution is 5.87. The molecule has 92 valence electrons. The van der Waals surface area contributed by atoms with E-state index in [4.69, 9.17) is 9.47 Å². The van der Waals surface area contributed by atoms with Gasteiger partial charge in [0.25, 0.3) is 0 Å². The zero-order valence-corrected chi connectivity index (χ0v) is 10.3. The van der Waals surface area contributed by atoms with Crippen LogP contribution in [0.15, 0.2) is 30.9 Å².